The average molecular weight is 593 g/mol. The van der Waals surface area contributed by atoms with Crippen molar-refractivity contribution in [3.8, 4) is 16.8 Å². The first kappa shape index (κ1) is 27.2. The first-order chi connectivity index (χ1) is 19.2. The van der Waals surface area contributed by atoms with Crippen LogP contribution in [0.1, 0.15) is 48.2 Å². The standard InChI is InChI=1S/C26H24Cl2F2N6O4/c1-11-33-26(36(34-11)18-6-15(27)8-31-21(18)12-2-3-12)25-24(39)22(23(38)19(10-37)40-25)35-9-14(7-32-35)13-4-16(29)20(28)17(30)5-13/h4-9,12,19,22-25,37-39H,2-3,10H2,1H3/t19?,22?,23-,24-,25+/m0/s1. The highest BCUT2D eigenvalue weighted by Gasteiger charge is 2.48. The molecule has 3 N–H and O–H groups in total. The van der Waals surface area contributed by atoms with Crippen LogP contribution in [0.15, 0.2) is 36.8 Å². The Morgan fingerprint density at radius 3 is 2.45 bits per heavy atom. The van der Waals surface area contributed by atoms with Gasteiger partial charge in [-0.05, 0) is 43.5 Å². The number of hydrogen-bond acceptors (Lipinski definition) is 8. The largest absolute Gasteiger partial charge is 0.394 e. The summed E-state index contributed by atoms with van der Waals surface area (Å²) in [6.45, 7) is 1.12. The predicted octanol–water partition coefficient (Wildman–Crippen LogP) is 3.69. The zero-order valence-electron chi connectivity index (χ0n) is 21.0. The molecule has 0 amide bonds. The maximum absolute atomic E-state index is 14.1. The van der Waals surface area contributed by atoms with Gasteiger partial charge < -0.3 is 20.1 Å². The monoisotopic (exact) mass is 592 g/mol. The van der Waals surface area contributed by atoms with Crippen LogP contribution in [0.25, 0.3) is 16.8 Å². The Morgan fingerprint density at radius 1 is 1.05 bits per heavy atom. The van der Waals surface area contributed by atoms with E-state index in [9.17, 15) is 24.1 Å². The van der Waals surface area contributed by atoms with E-state index in [0.717, 1.165) is 30.7 Å². The summed E-state index contributed by atoms with van der Waals surface area (Å²) in [4.78, 5) is 9.03. The number of rotatable bonds is 6. The summed E-state index contributed by atoms with van der Waals surface area (Å²) in [5, 5.41) is 41.2. The summed E-state index contributed by atoms with van der Waals surface area (Å²) < 4.78 is 36.9. The van der Waals surface area contributed by atoms with E-state index in [1.807, 2.05) is 0 Å². The molecule has 1 saturated carbocycles. The van der Waals surface area contributed by atoms with Crippen molar-refractivity contribution in [1.82, 2.24) is 29.5 Å². The molecule has 0 bridgehead atoms. The van der Waals surface area contributed by atoms with Gasteiger partial charge in [-0.1, -0.05) is 23.2 Å². The lowest BCUT2D eigenvalue weighted by molar-refractivity contribution is -0.210. The third-order valence-corrected chi connectivity index (χ3v) is 7.73. The third-order valence-electron chi connectivity index (χ3n) is 7.17. The molecule has 3 aromatic heterocycles. The molecule has 2 unspecified atom stereocenters. The number of aliphatic hydroxyl groups is 3. The molecular formula is C26H24Cl2F2N6O4. The Kier molecular flexibility index (Phi) is 7.09. The molecular weight excluding hydrogens is 569 g/mol. The fourth-order valence-corrected chi connectivity index (χ4v) is 5.33. The Bertz CT molecular complexity index is 1560. The van der Waals surface area contributed by atoms with Crippen LogP contribution in [0.3, 0.4) is 0 Å². The van der Waals surface area contributed by atoms with Crippen molar-refractivity contribution in [2.24, 2.45) is 0 Å². The SMILES string of the molecule is Cc1nc([C@@H]2OC(CO)[C@H](O)C(n3cc(-c4cc(F)c(Cl)c(F)c4)cn3)[C@@H]2O)n(-c2cc(Cl)cnc2C2CC2)n1. The lowest BCUT2D eigenvalue weighted by Gasteiger charge is -2.41. The highest BCUT2D eigenvalue weighted by atomic mass is 35.5. The minimum absolute atomic E-state index is 0.161. The molecule has 2 fully saturated rings. The lowest BCUT2D eigenvalue weighted by Crippen LogP contribution is -2.53. The van der Waals surface area contributed by atoms with E-state index in [-0.39, 0.29) is 17.3 Å². The molecule has 0 radical (unpaired) electrons. The maximum Gasteiger partial charge on any atom is 0.164 e. The zero-order valence-corrected chi connectivity index (χ0v) is 22.5. The number of aryl methyl sites for hydroxylation is 1. The van der Waals surface area contributed by atoms with Crippen molar-refractivity contribution >= 4 is 23.2 Å². The number of halogens is 4. The molecule has 14 heteroatoms. The molecule has 2 aliphatic rings. The number of aliphatic hydroxyl groups excluding tert-OH is 3. The van der Waals surface area contributed by atoms with Gasteiger partial charge in [-0.15, -0.1) is 0 Å². The molecule has 1 aliphatic carbocycles. The van der Waals surface area contributed by atoms with E-state index in [4.69, 9.17) is 27.9 Å². The van der Waals surface area contributed by atoms with Crippen LogP contribution in [0.4, 0.5) is 8.78 Å². The van der Waals surface area contributed by atoms with Gasteiger partial charge in [0.05, 0.1) is 29.2 Å². The summed E-state index contributed by atoms with van der Waals surface area (Å²) in [5.74, 6) is -1.02. The number of nitrogens with zero attached hydrogens (tertiary/aromatic N) is 6. The second kappa shape index (κ2) is 10.4. The molecule has 40 heavy (non-hydrogen) atoms. The number of hydrogen-bond donors (Lipinski definition) is 3. The molecule has 210 valence electrons. The number of benzene rings is 1. The summed E-state index contributed by atoms with van der Waals surface area (Å²) in [5.41, 5.74) is 1.86. The van der Waals surface area contributed by atoms with E-state index in [2.05, 4.69) is 20.2 Å². The Morgan fingerprint density at radius 2 is 1.77 bits per heavy atom. The summed E-state index contributed by atoms with van der Waals surface area (Å²) in [7, 11) is 0. The lowest BCUT2D eigenvalue weighted by atomic mass is 9.92. The minimum atomic E-state index is -1.43. The van der Waals surface area contributed by atoms with Crippen molar-refractivity contribution in [1.29, 1.82) is 0 Å². The van der Waals surface area contributed by atoms with Crippen molar-refractivity contribution in [2.45, 2.75) is 56.1 Å². The normalized spacial score (nSPS) is 24.9. The number of ether oxygens (including phenoxy) is 1. The summed E-state index contributed by atoms with van der Waals surface area (Å²) >= 11 is 11.9. The second-order valence-electron chi connectivity index (χ2n) is 9.97. The van der Waals surface area contributed by atoms with Crippen LogP contribution in [0.5, 0.6) is 0 Å². The minimum Gasteiger partial charge on any atom is -0.394 e. The van der Waals surface area contributed by atoms with E-state index < -0.39 is 53.7 Å². The van der Waals surface area contributed by atoms with Gasteiger partial charge in [0, 0.05) is 23.9 Å². The summed E-state index contributed by atoms with van der Waals surface area (Å²) in [6.07, 6.45) is 1.17. The predicted molar refractivity (Wildman–Crippen MR) is 139 cm³/mol. The van der Waals surface area contributed by atoms with Gasteiger partial charge in [0.25, 0.3) is 0 Å². The van der Waals surface area contributed by atoms with Gasteiger partial charge in [-0.2, -0.15) is 10.2 Å². The molecule has 6 rings (SSSR count). The van der Waals surface area contributed by atoms with Gasteiger partial charge in [0.15, 0.2) is 5.82 Å². The van der Waals surface area contributed by atoms with Gasteiger partial charge in [0.1, 0.15) is 52.9 Å². The summed E-state index contributed by atoms with van der Waals surface area (Å²) in [6, 6.07) is 2.71. The van der Waals surface area contributed by atoms with Crippen molar-refractivity contribution in [3.63, 3.8) is 0 Å². The fourth-order valence-electron chi connectivity index (χ4n) is 5.07. The van der Waals surface area contributed by atoms with E-state index in [1.54, 1.807) is 19.2 Å². The third kappa shape index (κ3) is 4.78. The quantitative estimate of drug-likeness (QED) is 0.289. The molecule has 5 atom stereocenters. The fraction of sp³-hybridized carbons (Fsp3) is 0.385. The van der Waals surface area contributed by atoms with Crippen LogP contribution in [0, 0.1) is 18.6 Å². The highest BCUT2D eigenvalue weighted by Crippen LogP contribution is 2.44. The van der Waals surface area contributed by atoms with Gasteiger partial charge in [-0.25, -0.2) is 18.4 Å². The zero-order chi connectivity index (χ0) is 28.3. The van der Waals surface area contributed by atoms with Crippen molar-refractivity contribution in [3.05, 3.63) is 75.8 Å². The number of aromatic nitrogens is 6. The first-order valence-electron chi connectivity index (χ1n) is 12.6. The van der Waals surface area contributed by atoms with Gasteiger partial charge in [0.2, 0.25) is 0 Å². The molecule has 4 aromatic rings. The van der Waals surface area contributed by atoms with Crippen molar-refractivity contribution < 1.29 is 28.8 Å². The van der Waals surface area contributed by atoms with Crippen LogP contribution >= 0.6 is 23.2 Å². The van der Waals surface area contributed by atoms with Crippen LogP contribution in [-0.2, 0) is 4.74 Å². The molecule has 1 aliphatic heterocycles. The molecule has 1 saturated heterocycles. The van der Waals surface area contributed by atoms with Gasteiger partial charge in [-0.3, -0.25) is 9.67 Å². The Balaban J connectivity index is 1.40. The number of pyridine rings is 1. The highest BCUT2D eigenvalue weighted by molar-refractivity contribution is 6.31. The molecule has 1 aromatic carbocycles. The van der Waals surface area contributed by atoms with Crippen LogP contribution in [0.2, 0.25) is 10.0 Å². The Labute approximate surface area is 236 Å². The molecule has 4 heterocycles. The van der Waals surface area contributed by atoms with Crippen LogP contribution < -0.4 is 0 Å². The smallest absolute Gasteiger partial charge is 0.164 e. The average Bonchev–Trinajstić information content (AvgIpc) is 3.52. The van der Waals surface area contributed by atoms with E-state index in [1.165, 1.54) is 21.8 Å². The van der Waals surface area contributed by atoms with E-state index in [0.29, 0.717) is 22.1 Å². The molecule has 0 spiro atoms. The molecule has 10 nitrogen and oxygen atoms in total. The van der Waals surface area contributed by atoms with Crippen LogP contribution in [-0.4, -0.2) is 69.8 Å². The first-order valence-corrected chi connectivity index (χ1v) is 13.3. The van der Waals surface area contributed by atoms with E-state index >= 15 is 0 Å². The Hall–Kier alpha value is -3.00. The van der Waals surface area contributed by atoms with Gasteiger partial charge >= 0.3 is 0 Å². The topological polar surface area (TPSA) is 131 Å². The van der Waals surface area contributed by atoms with Crippen molar-refractivity contribution in [2.75, 3.05) is 6.61 Å². The maximum atomic E-state index is 14.1. The second-order valence-corrected chi connectivity index (χ2v) is 10.8.